The van der Waals surface area contributed by atoms with Crippen LogP contribution in [0.4, 0.5) is 5.69 Å². The predicted octanol–water partition coefficient (Wildman–Crippen LogP) is 2.52. The van der Waals surface area contributed by atoms with Gasteiger partial charge in [-0.05, 0) is 37.5 Å². The fraction of sp³-hybridized carbons (Fsp3) is 0.571. The van der Waals surface area contributed by atoms with E-state index in [2.05, 4.69) is 4.72 Å². The Labute approximate surface area is 121 Å². The summed E-state index contributed by atoms with van der Waals surface area (Å²) >= 11 is 0. The lowest BCUT2D eigenvalue weighted by molar-refractivity contribution is 0.341. The fourth-order valence-corrected chi connectivity index (χ4v) is 3.84. The summed E-state index contributed by atoms with van der Waals surface area (Å²) in [6, 6.07) is 4.49. The highest BCUT2D eigenvalue weighted by molar-refractivity contribution is 7.89. The van der Waals surface area contributed by atoms with Gasteiger partial charge in [0.25, 0.3) is 0 Å². The van der Waals surface area contributed by atoms with Crippen LogP contribution in [0.25, 0.3) is 0 Å². The fourth-order valence-electron chi connectivity index (χ4n) is 2.19. The molecule has 114 valence electrons. The maximum absolute atomic E-state index is 12.5. The number of hydrogen-bond donors (Lipinski definition) is 2. The molecule has 1 rings (SSSR count). The zero-order valence-corrected chi connectivity index (χ0v) is 13.4. The second kappa shape index (κ2) is 6.45. The molecule has 0 atom stereocenters. The third-order valence-electron chi connectivity index (χ3n) is 3.89. The molecule has 6 heteroatoms. The van der Waals surface area contributed by atoms with Gasteiger partial charge in [-0.3, -0.25) is 0 Å². The van der Waals surface area contributed by atoms with Crippen molar-refractivity contribution in [3.05, 3.63) is 18.2 Å². The van der Waals surface area contributed by atoms with E-state index in [1.54, 1.807) is 6.07 Å². The molecule has 0 fully saturated rings. The van der Waals surface area contributed by atoms with Crippen molar-refractivity contribution in [2.24, 2.45) is 0 Å². The summed E-state index contributed by atoms with van der Waals surface area (Å²) in [4.78, 5) is 0.163. The molecule has 3 N–H and O–H groups in total. The number of ether oxygens (including phenoxy) is 1. The number of hydrogen-bond acceptors (Lipinski definition) is 4. The Hall–Kier alpha value is -1.27. The molecule has 1 aromatic rings. The summed E-state index contributed by atoms with van der Waals surface area (Å²) in [5, 5.41) is 0. The molecule has 0 aliphatic heterocycles. The minimum absolute atomic E-state index is 0.163. The zero-order chi connectivity index (χ0) is 15.4. The Morgan fingerprint density at radius 3 is 2.15 bits per heavy atom. The van der Waals surface area contributed by atoms with Crippen molar-refractivity contribution >= 4 is 15.7 Å². The van der Waals surface area contributed by atoms with Crippen LogP contribution in [0.2, 0.25) is 0 Å². The van der Waals surface area contributed by atoms with Gasteiger partial charge < -0.3 is 10.5 Å². The molecule has 1 aromatic carbocycles. The topological polar surface area (TPSA) is 81.4 Å². The minimum Gasteiger partial charge on any atom is -0.495 e. The van der Waals surface area contributed by atoms with Crippen LogP contribution in [0.3, 0.4) is 0 Å². The lowest BCUT2D eigenvalue weighted by atomic mass is 9.91. The largest absolute Gasteiger partial charge is 0.495 e. The number of nitrogen functional groups attached to an aromatic ring is 1. The normalized spacial score (nSPS) is 12.4. The average molecular weight is 300 g/mol. The molecule has 20 heavy (non-hydrogen) atoms. The van der Waals surface area contributed by atoms with E-state index in [-0.39, 0.29) is 4.90 Å². The summed E-state index contributed by atoms with van der Waals surface area (Å²) < 4.78 is 32.8. The summed E-state index contributed by atoms with van der Waals surface area (Å²) in [7, 11) is -2.09. The van der Waals surface area contributed by atoms with Crippen LogP contribution in [-0.4, -0.2) is 21.1 Å². The molecule has 0 unspecified atom stereocenters. The average Bonchev–Trinajstić information content (AvgIpc) is 2.44. The standard InChI is InChI=1S/C14H24N2O3S/c1-5-14(6-2,7-3)16-20(17,18)11-8-9-13(19-4)12(15)10-11/h8-10,16H,5-7,15H2,1-4H3. The number of methoxy groups -OCH3 is 1. The van der Waals surface area contributed by atoms with E-state index in [9.17, 15) is 8.42 Å². The minimum atomic E-state index is -3.59. The molecule has 5 nitrogen and oxygen atoms in total. The van der Waals surface area contributed by atoms with E-state index >= 15 is 0 Å². The van der Waals surface area contributed by atoms with Crippen molar-refractivity contribution < 1.29 is 13.2 Å². The Morgan fingerprint density at radius 1 is 1.20 bits per heavy atom. The van der Waals surface area contributed by atoms with Gasteiger partial charge in [-0.25, -0.2) is 13.1 Å². The van der Waals surface area contributed by atoms with Crippen LogP contribution in [0, 0.1) is 0 Å². The van der Waals surface area contributed by atoms with Crippen LogP contribution in [0.5, 0.6) is 5.75 Å². The van der Waals surface area contributed by atoms with E-state index in [1.165, 1.54) is 19.2 Å². The first-order chi connectivity index (χ1) is 9.34. The highest BCUT2D eigenvalue weighted by atomic mass is 32.2. The molecule has 0 aromatic heterocycles. The number of nitrogens with two attached hydrogens (primary N) is 1. The highest BCUT2D eigenvalue weighted by Gasteiger charge is 2.30. The van der Waals surface area contributed by atoms with Crippen LogP contribution in [0.15, 0.2) is 23.1 Å². The molecular weight excluding hydrogens is 276 g/mol. The quantitative estimate of drug-likeness (QED) is 0.758. The molecule has 0 saturated carbocycles. The zero-order valence-electron chi connectivity index (χ0n) is 12.6. The molecule has 0 aliphatic carbocycles. The van der Waals surface area contributed by atoms with Crippen LogP contribution in [0.1, 0.15) is 40.0 Å². The van der Waals surface area contributed by atoms with Crippen LogP contribution >= 0.6 is 0 Å². The number of nitrogens with one attached hydrogen (secondary N) is 1. The van der Waals surface area contributed by atoms with Crippen molar-refractivity contribution in [1.29, 1.82) is 0 Å². The molecule has 0 amide bonds. The molecule has 0 radical (unpaired) electrons. The first-order valence-corrected chi connectivity index (χ1v) is 8.30. The Morgan fingerprint density at radius 2 is 1.75 bits per heavy atom. The summed E-state index contributed by atoms with van der Waals surface area (Å²) in [6.45, 7) is 5.95. The monoisotopic (exact) mass is 300 g/mol. The maximum Gasteiger partial charge on any atom is 0.241 e. The maximum atomic E-state index is 12.5. The van der Waals surface area contributed by atoms with Gasteiger partial charge in [0.2, 0.25) is 10.0 Å². The van der Waals surface area contributed by atoms with Gasteiger partial charge in [-0.1, -0.05) is 20.8 Å². The Bertz CT molecular complexity index is 543. The van der Waals surface area contributed by atoms with Crippen LogP contribution in [-0.2, 0) is 10.0 Å². The predicted molar refractivity (Wildman–Crippen MR) is 81.3 cm³/mol. The summed E-state index contributed by atoms with van der Waals surface area (Å²) in [5.41, 5.74) is 5.67. The second-order valence-corrected chi connectivity index (χ2v) is 6.53. The van der Waals surface area contributed by atoms with Crippen molar-refractivity contribution in [1.82, 2.24) is 4.72 Å². The molecular formula is C14H24N2O3S. The van der Waals surface area contributed by atoms with E-state index in [0.717, 1.165) is 19.3 Å². The van der Waals surface area contributed by atoms with E-state index < -0.39 is 15.6 Å². The Kier molecular flexibility index (Phi) is 5.42. The number of benzene rings is 1. The number of anilines is 1. The molecule has 0 saturated heterocycles. The van der Waals surface area contributed by atoms with Crippen molar-refractivity contribution in [2.75, 3.05) is 12.8 Å². The third kappa shape index (κ3) is 3.43. The van der Waals surface area contributed by atoms with Crippen molar-refractivity contribution in [3.8, 4) is 5.75 Å². The SMILES string of the molecule is CCC(CC)(CC)NS(=O)(=O)c1ccc(OC)c(N)c1. The van der Waals surface area contributed by atoms with E-state index in [0.29, 0.717) is 11.4 Å². The smallest absolute Gasteiger partial charge is 0.241 e. The van der Waals surface area contributed by atoms with Crippen molar-refractivity contribution in [3.63, 3.8) is 0 Å². The van der Waals surface area contributed by atoms with Gasteiger partial charge in [0.05, 0.1) is 17.7 Å². The first kappa shape index (κ1) is 16.8. The van der Waals surface area contributed by atoms with Gasteiger partial charge in [0, 0.05) is 5.54 Å². The first-order valence-electron chi connectivity index (χ1n) is 6.81. The number of rotatable bonds is 7. The second-order valence-electron chi connectivity index (χ2n) is 4.85. The van der Waals surface area contributed by atoms with Gasteiger partial charge in [-0.2, -0.15) is 0 Å². The van der Waals surface area contributed by atoms with E-state index in [1.807, 2.05) is 20.8 Å². The lowest BCUT2D eigenvalue weighted by Crippen LogP contribution is -2.46. The Balaban J connectivity index is 3.14. The van der Waals surface area contributed by atoms with E-state index in [4.69, 9.17) is 10.5 Å². The molecule has 0 heterocycles. The third-order valence-corrected chi connectivity index (χ3v) is 5.47. The van der Waals surface area contributed by atoms with Gasteiger partial charge in [0.1, 0.15) is 5.75 Å². The molecule has 0 aliphatic rings. The van der Waals surface area contributed by atoms with Crippen molar-refractivity contribution in [2.45, 2.75) is 50.5 Å². The molecule has 0 bridgehead atoms. The van der Waals surface area contributed by atoms with Gasteiger partial charge in [-0.15, -0.1) is 0 Å². The highest BCUT2D eigenvalue weighted by Crippen LogP contribution is 2.27. The lowest BCUT2D eigenvalue weighted by Gasteiger charge is -2.31. The molecule has 0 spiro atoms. The van der Waals surface area contributed by atoms with Gasteiger partial charge >= 0.3 is 0 Å². The van der Waals surface area contributed by atoms with Crippen LogP contribution < -0.4 is 15.2 Å². The summed E-state index contributed by atoms with van der Waals surface area (Å²) in [6.07, 6.45) is 2.22. The summed E-state index contributed by atoms with van der Waals surface area (Å²) in [5.74, 6) is 0.469. The number of sulfonamides is 1. The van der Waals surface area contributed by atoms with Gasteiger partial charge in [0.15, 0.2) is 0 Å².